The highest BCUT2D eigenvalue weighted by Gasteiger charge is 2.22. The molecule has 1 aliphatic carbocycles. The lowest BCUT2D eigenvalue weighted by Crippen LogP contribution is -2.40. The van der Waals surface area contributed by atoms with Crippen LogP contribution in [0.1, 0.15) is 25.7 Å². The first-order valence-corrected chi connectivity index (χ1v) is 6.84. The van der Waals surface area contributed by atoms with Crippen molar-refractivity contribution in [3.8, 4) is 0 Å². The zero-order valence-electron chi connectivity index (χ0n) is 10.9. The van der Waals surface area contributed by atoms with Crippen LogP contribution in [-0.2, 0) is 0 Å². The largest absolute Gasteiger partial charge is 0.313 e. The molecule has 3 heteroatoms. The van der Waals surface area contributed by atoms with Gasteiger partial charge < -0.3 is 15.1 Å². The lowest BCUT2D eigenvalue weighted by Gasteiger charge is -2.33. The number of rotatable bonds is 6. The summed E-state index contributed by atoms with van der Waals surface area (Å²) in [5.41, 5.74) is 0. The molecule has 2 aliphatic rings. The maximum atomic E-state index is 3.60. The molecule has 16 heavy (non-hydrogen) atoms. The highest BCUT2D eigenvalue weighted by molar-refractivity contribution is 4.81. The highest BCUT2D eigenvalue weighted by Crippen LogP contribution is 2.19. The molecule has 1 saturated heterocycles. The van der Waals surface area contributed by atoms with E-state index >= 15 is 0 Å². The van der Waals surface area contributed by atoms with Gasteiger partial charge in [-0.25, -0.2) is 0 Å². The van der Waals surface area contributed by atoms with Gasteiger partial charge in [-0.05, 0) is 58.8 Å². The third kappa shape index (κ3) is 4.40. The molecule has 1 saturated carbocycles. The normalized spacial score (nSPS) is 24.2. The van der Waals surface area contributed by atoms with E-state index in [1.165, 1.54) is 58.4 Å². The third-order valence-corrected chi connectivity index (χ3v) is 3.77. The molecule has 0 spiro atoms. The minimum atomic E-state index is 0.867. The predicted molar refractivity (Wildman–Crippen MR) is 68.7 cm³/mol. The van der Waals surface area contributed by atoms with E-state index in [1.54, 1.807) is 0 Å². The van der Waals surface area contributed by atoms with E-state index in [2.05, 4.69) is 29.2 Å². The van der Waals surface area contributed by atoms with Crippen molar-refractivity contribution in [2.75, 3.05) is 46.8 Å². The molecule has 0 aromatic heterocycles. The second-order valence-electron chi connectivity index (χ2n) is 5.78. The first-order chi connectivity index (χ1) is 7.74. The number of hydrogen-bond acceptors (Lipinski definition) is 3. The van der Waals surface area contributed by atoms with Crippen LogP contribution in [0.5, 0.6) is 0 Å². The van der Waals surface area contributed by atoms with Gasteiger partial charge in [0.2, 0.25) is 0 Å². The van der Waals surface area contributed by atoms with Crippen LogP contribution >= 0.6 is 0 Å². The molecule has 0 aromatic carbocycles. The molecular weight excluding hydrogens is 198 g/mol. The molecule has 1 heterocycles. The Morgan fingerprint density at radius 1 is 1.12 bits per heavy atom. The molecule has 2 fully saturated rings. The summed E-state index contributed by atoms with van der Waals surface area (Å²) in [5, 5.41) is 3.60. The number of hydrogen-bond donors (Lipinski definition) is 1. The molecule has 2 rings (SSSR count). The summed E-state index contributed by atoms with van der Waals surface area (Å²) in [6.07, 6.45) is 5.60. The van der Waals surface area contributed by atoms with Gasteiger partial charge in [0.25, 0.3) is 0 Å². The summed E-state index contributed by atoms with van der Waals surface area (Å²) >= 11 is 0. The lowest BCUT2D eigenvalue weighted by atomic mass is 9.96. The Labute approximate surface area is 100 Å². The van der Waals surface area contributed by atoms with Gasteiger partial charge in [-0.3, -0.25) is 0 Å². The maximum Gasteiger partial charge on any atom is 0.0107 e. The Kier molecular flexibility index (Phi) is 4.62. The fraction of sp³-hybridized carbons (Fsp3) is 1.00. The summed E-state index contributed by atoms with van der Waals surface area (Å²) in [4.78, 5) is 4.95. The summed E-state index contributed by atoms with van der Waals surface area (Å²) in [6, 6.07) is 0.867. The second kappa shape index (κ2) is 5.99. The van der Waals surface area contributed by atoms with E-state index in [0.29, 0.717) is 0 Å². The van der Waals surface area contributed by atoms with Crippen molar-refractivity contribution in [3.63, 3.8) is 0 Å². The Morgan fingerprint density at radius 3 is 2.38 bits per heavy atom. The molecule has 0 unspecified atom stereocenters. The maximum absolute atomic E-state index is 3.60. The van der Waals surface area contributed by atoms with E-state index < -0.39 is 0 Å². The lowest BCUT2D eigenvalue weighted by molar-refractivity contribution is 0.163. The molecule has 0 amide bonds. The van der Waals surface area contributed by atoms with Crippen LogP contribution in [0.25, 0.3) is 0 Å². The van der Waals surface area contributed by atoms with Crippen molar-refractivity contribution in [3.05, 3.63) is 0 Å². The minimum absolute atomic E-state index is 0.867. The second-order valence-corrected chi connectivity index (χ2v) is 5.78. The van der Waals surface area contributed by atoms with Crippen LogP contribution in [0.3, 0.4) is 0 Å². The van der Waals surface area contributed by atoms with Gasteiger partial charge in [0.15, 0.2) is 0 Å². The van der Waals surface area contributed by atoms with Crippen molar-refractivity contribution in [2.45, 2.75) is 31.7 Å². The quantitative estimate of drug-likeness (QED) is 0.728. The van der Waals surface area contributed by atoms with Crippen molar-refractivity contribution >= 4 is 0 Å². The van der Waals surface area contributed by atoms with Crippen LogP contribution < -0.4 is 5.32 Å². The van der Waals surface area contributed by atoms with Gasteiger partial charge in [0.05, 0.1) is 0 Å². The number of nitrogens with zero attached hydrogens (tertiary/aromatic N) is 2. The minimum Gasteiger partial charge on any atom is -0.313 e. The summed E-state index contributed by atoms with van der Waals surface area (Å²) in [7, 11) is 4.37. The Morgan fingerprint density at radius 2 is 1.81 bits per heavy atom. The van der Waals surface area contributed by atoms with Crippen molar-refractivity contribution in [1.82, 2.24) is 15.1 Å². The summed E-state index contributed by atoms with van der Waals surface area (Å²) in [5.74, 6) is 0.933. The predicted octanol–water partition coefficient (Wildman–Crippen LogP) is 1.01. The van der Waals surface area contributed by atoms with Crippen LogP contribution in [0, 0.1) is 5.92 Å². The standard InChI is InChI=1S/C13H27N3/c1-15(2)11-12-5-8-16(9-6-12)10-7-14-13-3-4-13/h12-14H,3-11H2,1-2H3. The topological polar surface area (TPSA) is 18.5 Å². The molecule has 0 aromatic rings. The van der Waals surface area contributed by atoms with Gasteiger partial charge in [0.1, 0.15) is 0 Å². The monoisotopic (exact) mass is 225 g/mol. The van der Waals surface area contributed by atoms with Crippen molar-refractivity contribution < 1.29 is 0 Å². The van der Waals surface area contributed by atoms with Gasteiger partial charge in [-0.2, -0.15) is 0 Å². The fourth-order valence-corrected chi connectivity index (χ4v) is 2.62. The first kappa shape index (κ1) is 12.3. The van der Waals surface area contributed by atoms with E-state index in [4.69, 9.17) is 0 Å². The number of nitrogens with one attached hydrogen (secondary N) is 1. The van der Waals surface area contributed by atoms with Crippen LogP contribution in [-0.4, -0.2) is 62.7 Å². The Balaban J connectivity index is 1.53. The molecule has 0 atom stereocenters. The molecule has 94 valence electrons. The third-order valence-electron chi connectivity index (χ3n) is 3.77. The molecule has 1 aliphatic heterocycles. The van der Waals surface area contributed by atoms with Crippen molar-refractivity contribution in [1.29, 1.82) is 0 Å². The molecule has 3 nitrogen and oxygen atoms in total. The average Bonchev–Trinajstić information content (AvgIpc) is 3.04. The van der Waals surface area contributed by atoms with Crippen LogP contribution in [0.2, 0.25) is 0 Å². The van der Waals surface area contributed by atoms with E-state index in [0.717, 1.165) is 12.0 Å². The fourth-order valence-electron chi connectivity index (χ4n) is 2.62. The Bertz CT molecular complexity index is 193. The van der Waals surface area contributed by atoms with E-state index in [1.807, 2.05) is 0 Å². The first-order valence-electron chi connectivity index (χ1n) is 6.84. The Hall–Kier alpha value is -0.120. The van der Waals surface area contributed by atoms with Gasteiger partial charge in [-0.1, -0.05) is 0 Å². The van der Waals surface area contributed by atoms with Gasteiger partial charge >= 0.3 is 0 Å². The number of piperidine rings is 1. The van der Waals surface area contributed by atoms with Gasteiger partial charge in [-0.15, -0.1) is 0 Å². The number of likely N-dealkylation sites (tertiary alicyclic amines) is 1. The molecule has 1 N–H and O–H groups in total. The van der Waals surface area contributed by atoms with Crippen LogP contribution in [0.4, 0.5) is 0 Å². The van der Waals surface area contributed by atoms with E-state index in [9.17, 15) is 0 Å². The average molecular weight is 225 g/mol. The highest BCUT2D eigenvalue weighted by atomic mass is 15.2. The smallest absolute Gasteiger partial charge is 0.0107 e. The van der Waals surface area contributed by atoms with Crippen LogP contribution in [0.15, 0.2) is 0 Å². The van der Waals surface area contributed by atoms with E-state index in [-0.39, 0.29) is 0 Å². The summed E-state index contributed by atoms with van der Waals surface area (Å²) < 4.78 is 0. The summed E-state index contributed by atoms with van der Waals surface area (Å²) in [6.45, 7) is 6.35. The zero-order chi connectivity index (χ0) is 11.4. The van der Waals surface area contributed by atoms with Gasteiger partial charge in [0, 0.05) is 25.7 Å². The SMILES string of the molecule is CN(C)CC1CCN(CCNC2CC2)CC1. The molecular formula is C13H27N3. The molecule has 0 radical (unpaired) electrons. The van der Waals surface area contributed by atoms with Crippen molar-refractivity contribution in [2.24, 2.45) is 5.92 Å². The molecule has 0 bridgehead atoms. The zero-order valence-corrected chi connectivity index (χ0v) is 10.9.